The molecule has 0 saturated carbocycles. The van der Waals surface area contributed by atoms with Crippen molar-refractivity contribution in [3.05, 3.63) is 6.33 Å². The molecule has 0 aromatic carbocycles. The van der Waals surface area contributed by atoms with Gasteiger partial charge in [0.1, 0.15) is 6.23 Å². The zero-order valence-corrected chi connectivity index (χ0v) is 9.08. The average Bonchev–Trinajstić information content (AvgIpc) is 2.61. The highest BCUT2D eigenvalue weighted by Crippen LogP contribution is 2.23. The second-order valence-corrected chi connectivity index (χ2v) is 3.28. The van der Waals surface area contributed by atoms with E-state index < -0.39 is 6.23 Å². The van der Waals surface area contributed by atoms with Gasteiger partial charge in [-0.15, -0.1) is 0 Å². The molecule has 0 amide bonds. The molecule has 2 aromatic rings. The lowest BCUT2D eigenvalue weighted by Crippen LogP contribution is -2.06. The number of imidazole rings is 1. The molecule has 16 heavy (non-hydrogen) atoms. The van der Waals surface area contributed by atoms with Crippen LogP contribution in [0.25, 0.3) is 11.2 Å². The second-order valence-electron chi connectivity index (χ2n) is 3.28. The number of aliphatic hydroxyl groups excluding tert-OH is 1. The fourth-order valence-electron chi connectivity index (χ4n) is 1.42. The van der Waals surface area contributed by atoms with Gasteiger partial charge in [-0.2, -0.15) is 9.97 Å². The van der Waals surface area contributed by atoms with Gasteiger partial charge in [0, 0.05) is 0 Å². The van der Waals surface area contributed by atoms with Crippen LogP contribution in [-0.2, 0) is 0 Å². The Bertz CT molecular complexity index is 508. The van der Waals surface area contributed by atoms with Gasteiger partial charge in [0.05, 0.1) is 12.9 Å². The van der Waals surface area contributed by atoms with Crippen LogP contribution in [0.1, 0.15) is 20.1 Å². The lowest BCUT2D eigenvalue weighted by Gasteiger charge is -2.07. The van der Waals surface area contributed by atoms with Crippen LogP contribution in [0.3, 0.4) is 0 Å². The van der Waals surface area contributed by atoms with Crippen LogP contribution >= 0.6 is 0 Å². The predicted octanol–water partition coefficient (Wildman–Crippen LogP) is 0.318. The first-order valence-electron chi connectivity index (χ1n) is 4.94. The minimum atomic E-state index is -0.728. The van der Waals surface area contributed by atoms with E-state index in [1.807, 2.05) is 6.92 Å². The Kier molecular flexibility index (Phi) is 2.61. The number of nitrogen functional groups attached to an aromatic ring is 1. The highest BCUT2D eigenvalue weighted by molar-refractivity contribution is 5.77. The van der Waals surface area contributed by atoms with Gasteiger partial charge in [-0.05, 0) is 13.8 Å². The molecule has 0 fully saturated rings. The molecule has 2 rings (SSSR count). The van der Waals surface area contributed by atoms with E-state index in [1.54, 1.807) is 6.92 Å². The number of nitrogens with two attached hydrogens (primary N) is 1. The van der Waals surface area contributed by atoms with Crippen LogP contribution in [0.2, 0.25) is 0 Å². The topological polar surface area (TPSA) is 99.1 Å². The largest absolute Gasteiger partial charge is 0.476 e. The number of ether oxygens (including phenoxy) is 1. The molecule has 0 spiro atoms. The summed E-state index contributed by atoms with van der Waals surface area (Å²) in [6.07, 6.45) is 0.750. The zero-order valence-electron chi connectivity index (χ0n) is 9.08. The van der Waals surface area contributed by atoms with Crippen LogP contribution < -0.4 is 10.5 Å². The molecule has 0 radical (unpaired) electrons. The Morgan fingerprint density at radius 3 is 2.94 bits per heavy atom. The van der Waals surface area contributed by atoms with Crippen LogP contribution in [0.4, 0.5) is 5.95 Å². The van der Waals surface area contributed by atoms with Gasteiger partial charge in [-0.3, -0.25) is 4.57 Å². The second kappa shape index (κ2) is 3.93. The van der Waals surface area contributed by atoms with Crippen molar-refractivity contribution in [1.29, 1.82) is 0 Å². The van der Waals surface area contributed by atoms with Crippen molar-refractivity contribution in [2.75, 3.05) is 12.3 Å². The van der Waals surface area contributed by atoms with E-state index in [0.29, 0.717) is 23.7 Å². The first-order chi connectivity index (χ1) is 7.63. The predicted molar refractivity (Wildman–Crippen MR) is 57.8 cm³/mol. The maximum atomic E-state index is 9.50. The maximum Gasteiger partial charge on any atom is 0.247 e. The SMILES string of the molecule is CCOc1nc(N)nc2c1ncn2[C@@H](C)O. The summed E-state index contributed by atoms with van der Waals surface area (Å²) in [5.41, 5.74) is 6.52. The Morgan fingerprint density at radius 2 is 2.31 bits per heavy atom. The first-order valence-corrected chi connectivity index (χ1v) is 4.94. The molecule has 86 valence electrons. The van der Waals surface area contributed by atoms with E-state index >= 15 is 0 Å². The third-order valence-corrected chi connectivity index (χ3v) is 2.09. The Hall–Kier alpha value is -1.89. The standard InChI is InChI=1S/C9H13N5O2/c1-3-16-8-6-7(12-9(10)13-8)14(4-11-6)5(2)15/h4-5,15H,3H2,1-2H3,(H2,10,12,13)/t5-/m1/s1. The van der Waals surface area contributed by atoms with E-state index in [-0.39, 0.29) is 5.95 Å². The van der Waals surface area contributed by atoms with Gasteiger partial charge in [0.15, 0.2) is 11.2 Å². The maximum absolute atomic E-state index is 9.50. The number of rotatable bonds is 3. The number of aromatic nitrogens is 4. The average molecular weight is 223 g/mol. The van der Waals surface area contributed by atoms with Gasteiger partial charge in [0.2, 0.25) is 11.8 Å². The van der Waals surface area contributed by atoms with Gasteiger partial charge in [0.25, 0.3) is 0 Å². The molecule has 2 heterocycles. The third kappa shape index (κ3) is 1.65. The summed E-state index contributed by atoms with van der Waals surface area (Å²) in [5.74, 6) is 0.433. The molecule has 0 bridgehead atoms. The highest BCUT2D eigenvalue weighted by atomic mass is 16.5. The van der Waals surface area contributed by atoms with Gasteiger partial charge >= 0.3 is 0 Å². The fourth-order valence-corrected chi connectivity index (χ4v) is 1.42. The van der Waals surface area contributed by atoms with E-state index in [4.69, 9.17) is 10.5 Å². The normalized spacial score (nSPS) is 12.9. The Morgan fingerprint density at radius 1 is 1.56 bits per heavy atom. The summed E-state index contributed by atoms with van der Waals surface area (Å²) in [6.45, 7) is 3.92. The first kappa shape index (κ1) is 10.6. The fraction of sp³-hybridized carbons (Fsp3) is 0.444. The zero-order chi connectivity index (χ0) is 11.7. The number of nitrogens with zero attached hydrogens (tertiary/aromatic N) is 4. The van der Waals surface area contributed by atoms with Crippen molar-refractivity contribution in [1.82, 2.24) is 19.5 Å². The number of anilines is 1. The van der Waals surface area contributed by atoms with E-state index in [1.165, 1.54) is 10.9 Å². The monoisotopic (exact) mass is 223 g/mol. The number of aliphatic hydroxyl groups is 1. The summed E-state index contributed by atoms with van der Waals surface area (Å²) in [4.78, 5) is 12.1. The highest BCUT2D eigenvalue weighted by Gasteiger charge is 2.14. The molecule has 0 saturated heterocycles. The van der Waals surface area contributed by atoms with Crippen molar-refractivity contribution < 1.29 is 9.84 Å². The smallest absolute Gasteiger partial charge is 0.247 e. The third-order valence-electron chi connectivity index (χ3n) is 2.09. The number of hydrogen-bond donors (Lipinski definition) is 2. The van der Waals surface area contributed by atoms with Gasteiger partial charge in [-0.1, -0.05) is 0 Å². The van der Waals surface area contributed by atoms with Crippen molar-refractivity contribution in [3.63, 3.8) is 0 Å². The van der Waals surface area contributed by atoms with Gasteiger partial charge in [-0.25, -0.2) is 4.98 Å². The summed E-state index contributed by atoms with van der Waals surface area (Å²) in [7, 11) is 0. The lowest BCUT2D eigenvalue weighted by molar-refractivity contribution is 0.128. The van der Waals surface area contributed by atoms with Crippen molar-refractivity contribution in [2.45, 2.75) is 20.1 Å². The van der Waals surface area contributed by atoms with E-state index in [2.05, 4.69) is 15.0 Å². The molecule has 7 heteroatoms. The molecule has 0 aliphatic carbocycles. The molecular formula is C9H13N5O2. The summed E-state index contributed by atoms with van der Waals surface area (Å²) in [6, 6.07) is 0. The Balaban J connectivity index is 2.65. The van der Waals surface area contributed by atoms with Crippen molar-refractivity contribution in [2.24, 2.45) is 0 Å². The molecule has 2 aromatic heterocycles. The molecule has 0 unspecified atom stereocenters. The van der Waals surface area contributed by atoms with E-state index in [0.717, 1.165) is 0 Å². The van der Waals surface area contributed by atoms with Crippen molar-refractivity contribution >= 4 is 17.1 Å². The van der Waals surface area contributed by atoms with Crippen LogP contribution in [0.15, 0.2) is 6.33 Å². The molecule has 7 nitrogen and oxygen atoms in total. The molecule has 3 N–H and O–H groups in total. The van der Waals surface area contributed by atoms with Crippen LogP contribution in [0.5, 0.6) is 5.88 Å². The Labute approximate surface area is 91.9 Å². The summed E-state index contributed by atoms with van der Waals surface area (Å²) in [5, 5.41) is 9.50. The summed E-state index contributed by atoms with van der Waals surface area (Å²) >= 11 is 0. The molecular weight excluding hydrogens is 210 g/mol. The molecule has 1 atom stereocenters. The summed E-state index contributed by atoms with van der Waals surface area (Å²) < 4.78 is 6.80. The molecule has 0 aliphatic heterocycles. The quantitative estimate of drug-likeness (QED) is 0.777. The number of hydrogen-bond acceptors (Lipinski definition) is 6. The van der Waals surface area contributed by atoms with Crippen molar-refractivity contribution in [3.8, 4) is 5.88 Å². The van der Waals surface area contributed by atoms with Crippen LogP contribution in [-0.4, -0.2) is 31.2 Å². The van der Waals surface area contributed by atoms with Crippen LogP contribution in [0, 0.1) is 0 Å². The van der Waals surface area contributed by atoms with E-state index in [9.17, 15) is 5.11 Å². The minimum absolute atomic E-state index is 0.0957. The number of fused-ring (bicyclic) bond motifs is 1. The molecule has 0 aliphatic rings. The lowest BCUT2D eigenvalue weighted by atomic mass is 10.5. The minimum Gasteiger partial charge on any atom is -0.476 e. The van der Waals surface area contributed by atoms with Gasteiger partial charge < -0.3 is 15.6 Å².